The Morgan fingerprint density at radius 1 is 1.03 bits per heavy atom. The van der Waals surface area contributed by atoms with E-state index in [0.29, 0.717) is 11.5 Å². The van der Waals surface area contributed by atoms with E-state index in [0.717, 1.165) is 49.4 Å². The molecule has 0 fully saturated rings. The predicted octanol–water partition coefficient (Wildman–Crippen LogP) is 5.96. The number of carbonyl (C=O) groups is 1. The molecule has 4 aromatic rings. The molecule has 5 nitrogen and oxygen atoms in total. The van der Waals surface area contributed by atoms with Crippen LogP contribution in [0.2, 0.25) is 0 Å². The normalized spacial score (nSPS) is 13.5. The van der Waals surface area contributed by atoms with E-state index < -0.39 is 0 Å². The van der Waals surface area contributed by atoms with Gasteiger partial charge in [0.1, 0.15) is 11.5 Å². The van der Waals surface area contributed by atoms with Gasteiger partial charge in [-0.1, -0.05) is 48.5 Å². The van der Waals surface area contributed by atoms with E-state index in [1.165, 1.54) is 16.8 Å². The molecule has 1 N–H and O–H groups in total. The smallest absolute Gasteiger partial charge is 0.251 e. The number of nitrogens with zero attached hydrogens (tertiary/aromatic N) is 2. The van der Waals surface area contributed by atoms with Gasteiger partial charge in [0.15, 0.2) is 0 Å². The molecule has 3 aromatic carbocycles. The molecule has 1 aliphatic rings. The number of hydrogen-bond donors (Lipinski definition) is 1. The largest absolute Gasteiger partial charge is 0.441 e. The first-order chi connectivity index (χ1) is 17.1. The summed E-state index contributed by atoms with van der Waals surface area (Å²) in [4.78, 5) is 19.9. The highest BCUT2D eigenvalue weighted by Gasteiger charge is 2.21. The van der Waals surface area contributed by atoms with Gasteiger partial charge in [0, 0.05) is 29.4 Å². The van der Waals surface area contributed by atoms with Crippen LogP contribution in [0, 0.1) is 6.92 Å². The molecule has 0 radical (unpaired) electrons. The van der Waals surface area contributed by atoms with E-state index in [9.17, 15) is 4.79 Å². The molecule has 0 aliphatic carbocycles. The SMILES string of the molecule is Cc1oc(-c2ccc(C(=O)NC(C)CCc3ccccc3)cc2)nc1CN1CCc2ccccc21. The summed E-state index contributed by atoms with van der Waals surface area (Å²) in [5.41, 5.74) is 6.41. The minimum Gasteiger partial charge on any atom is -0.441 e. The Hall–Kier alpha value is -3.86. The van der Waals surface area contributed by atoms with Crippen molar-refractivity contribution >= 4 is 11.6 Å². The summed E-state index contributed by atoms with van der Waals surface area (Å²) in [6.45, 7) is 5.74. The Kier molecular flexibility index (Phi) is 6.66. The quantitative estimate of drug-likeness (QED) is 0.349. The van der Waals surface area contributed by atoms with Gasteiger partial charge < -0.3 is 14.6 Å². The van der Waals surface area contributed by atoms with Crippen LogP contribution in [-0.4, -0.2) is 23.5 Å². The van der Waals surface area contributed by atoms with Crippen molar-refractivity contribution in [1.29, 1.82) is 0 Å². The summed E-state index contributed by atoms with van der Waals surface area (Å²) in [6, 6.07) is 26.5. The number of nitrogens with one attached hydrogen (secondary N) is 1. The molecule has 1 aromatic heterocycles. The van der Waals surface area contributed by atoms with Gasteiger partial charge in [0.2, 0.25) is 5.89 Å². The van der Waals surface area contributed by atoms with Crippen molar-refractivity contribution in [2.75, 3.05) is 11.4 Å². The van der Waals surface area contributed by atoms with Crippen LogP contribution < -0.4 is 10.2 Å². The Labute approximate surface area is 206 Å². The second-order valence-corrected chi connectivity index (χ2v) is 9.30. The number of amides is 1. The van der Waals surface area contributed by atoms with Crippen molar-refractivity contribution in [2.24, 2.45) is 0 Å². The Balaban J connectivity index is 1.20. The summed E-state index contributed by atoms with van der Waals surface area (Å²) in [5.74, 6) is 1.36. The van der Waals surface area contributed by atoms with Crippen LogP contribution in [0.4, 0.5) is 5.69 Å². The Morgan fingerprint density at radius 3 is 2.57 bits per heavy atom. The van der Waals surface area contributed by atoms with Gasteiger partial charge in [0.05, 0.1) is 6.54 Å². The molecule has 0 saturated heterocycles. The first-order valence-electron chi connectivity index (χ1n) is 12.3. The maximum absolute atomic E-state index is 12.7. The van der Waals surface area contributed by atoms with Crippen LogP contribution in [-0.2, 0) is 19.4 Å². The van der Waals surface area contributed by atoms with Crippen LogP contribution in [0.3, 0.4) is 0 Å². The second-order valence-electron chi connectivity index (χ2n) is 9.30. The number of aromatic nitrogens is 1. The summed E-state index contributed by atoms with van der Waals surface area (Å²) in [7, 11) is 0. The number of hydrogen-bond acceptors (Lipinski definition) is 4. The van der Waals surface area contributed by atoms with Gasteiger partial charge in [-0.25, -0.2) is 4.98 Å². The molecule has 1 unspecified atom stereocenters. The summed E-state index contributed by atoms with van der Waals surface area (Å²) in [6.07, 6.45) is 2.90. The summed E-state index contributed by atoms with van der Waals surface area (Å²) in [5, 5.41) is 3.10. The third-order valence-corrected chi connectivity index (χ3v) is 6.70. The van der Waals surface area contributed by atoms with E-state index in [-0.39, 0.29) is 11.9 Å². The summed E-state index contributed by atoms with van der Waals surface area (Å²) < 4.78 is 6.00. The van der Waals surface area contributed by atoms with Crippen molar-refractivity contribution in [3.8, 4) is 11.5 Å². The molecule has 5 heteroatoms. The molecule has 0 spiro atoms. The maximum Gasteiger partial charge on any atom is 0.251 e. The van der Waals surface area contributed by atoms with E-state index in [1.54, 1.807) is 0 Å². The van der Waals surface area contributed by atoms with Crippen molar-refractivity contribution in [3.63, 3.8) is 0 Å². The monoisotopic (exact) mass is 465 g/mol. The zero-order chi connectivity index (χ0) is 24.2. The standard InChI is InChI=1S/C30H31N3O2/c1-21(12-13-23-8-4-3-5-9-23)31-29(34)25-14-16-26(17-15-25)30-32-27(22(2)35-30)20-33-19-18-24-10-6-7-11-28(24)33/h3-11,14-17,21H,12-13,18-20H2,1-2H3,(H,31,34). The van der Waals surface area contributed by atoms with E-state index >= 15 is 0 Å². The molecule has 1 aliphatic heterocycles. The Bertz CT molecular complexity index is 1290. The lowest BCUT2D eigenvalue weighted by molar-refractivity contribution is 0.0938. The molecule has 35 heavy (non-hydrogen) atoms. The lowest BCUT2D eigenvalue weighted by Crippen LogP contribution is -2.32. The minimum absolute atomic E-state index is 0.0610. The highest BCUT2D eigenvalue weighted by atomic mass is 16.4. The molecular weight excluding hydrogens is 434 g/mol. The van der Waals surface area contributed by atoms with Crippen LogP contribution in [0.15, 0.2) is 83.3 Å². The van der Waals surface area contributed by atoms with Crippen LogP contribution in [0.25, 0.3) is 11.5 Å². The molecule has 5 rings (SSSR count). The highest BCUT2D eigenvalue weighted by Crippen LogP contribution is 2.30. The van der Waals surface area contributed by atoms with E-state index in [1.807, 2.05) is 56.3 Å². The fourth-order valence-electron chi connectivity index (χ4n) is 4.62. The Morgan fingerprint density at radius 2 is 1.77 bits per heavy atom. The number of anilines is 1. The third kappa shape index (κ3) is 5.29. The highest BCUT2D eigenvalue weighted by molar-refractivity contribution is 5.94. The number of rotatable bonds is 8. The summed E-state index contributed by atoms with van der Waals surface area (Å²) >= 11 is 0. The molecule has 1 atom stereocenters. The fraction of sp³-hybridized carbons (Fsp3) is 0.267. The molecule has 178 valence electrons. The van der Waals surface area contributed by atoms with Crippen molar-refractivity contribution in [3.05, 3.63) is 107 Å². The van der Waals surface area contributed by atoms with Crippen LogP contribution >= 0.6 is 0 Å². The van der Waals surface area contributed by atoms with Crippen molar-refractivity contribution in [1.82, 2.24) is 10.3 Å². The van der Waals surface area contributed by atoms with E-state index in [4.69, 9.17) is 9.40 Å². The average Bonchev–Trinajstić information content (AvgIpc) is 3.47. The maximum atomic E-state index is 12.7. The lowest BCUT2D eigenvalue weighted by Gasteiger charge is -2.17. The van der Waals surface area contributed by atoms with Gasteiger partial charge in [-0.05, 0) is 74.6 Å². The number of carbonyl (C=O) groups excluding carboxylic acids is 1. The first-order valence-corrected chi connectivity index (χ1v) is 12.3. The minimum atomic E-state index is -0.0610. The number of para-hydroxylation sites is 1. The molecule has 0 saturated carbocycles. The number of aryl methyl sites for hydroxylation is 2. The first kappa shape index (κ1) is 22.9. The zero-order valence-corrected chi connectivity index (χ0v) is 20.3. The number of benzene rings is 3. The fourth-order valence-corrected chi connectivity index (χ4v) is 4.62. The topological polar surface area (TPSA) is 58.4 Å². The van der Waals surface area contributed by atoms with Crippen LogP contribution in [0.1, 0.15) is 46.3 Å². The predicted molar refractivity (Wildman–Crippen MR) is 140 cm³/mol. The third-order valence-electron chi connectivity index (χ3n) is 6.70. The van der Waals surface area contributed by atoms with Gasteiger partial charge in [-0.15, -0.1) is 0 Å². The zero-order valence-electron chi connectivity index (χ0n) is 20.3. The molecular formula is C30H31N3O2. The molecule has 0 bridgehead atoms. The van der Waals surface area contributed by atoms with Gasteiger partial charge in [-0.2, -0.15) is 0 Å². The lowest BCUT2D eigenvalue weighted by atomic mass is 10.1. The van der Waals surface area contributed by atoms with Crippen molar-refractivity contribution in [2.45, 2.75) is 45.7 Å². The van der Waals surface area contributed by atoms with E-state index in [2.05, 4.69) is 46.6 Å². The number of fused-ring (bicyclic) bond motifs is 1. The molecule has 1 amide bonds. The van der Waals surface area contributed by atoms with Gasteiger partial charge in [-0.3, -0.25) is 4.79 Å². The second kappa shape index (κ2) is 10.2. The molecule has 2 heterocycles. The van der Waals surface area contributed by atoms with Crippen molar-refractivity contribution < 1.29 is 9.21 Å². The van der Waals surface area contributed by atoms with Gasteiger partial charge in [0.25, 0.3) is 5.91 Å². The van der Waals surface area contributed by atoms with Crippen LogP contribution in [0.5, 0.6) is 0 Å². The van der Waals surface area contributed by atoms with Gasteiger partial charge >= 0.3 is 0 Å². The average molecular weight is 466 g/mol. The number of oxazole rings is 1.